The standard InChI is InChI=1S/C18H23ClN2O4S/c1-26(24,25)16-12-14(6-7-15(16)19)18(23)21-10-8-20(9-11-21)17(22)13-4-2-3-5-13/h6-7,12-13H,2-5,8-11H2,1H3. The fourth-order valence-corrected chi connectivity index (χ4v) is 4.97. The molecule has 1 aliphatic carbocycles. The molecule has 2 aliphatic rings. The first kappa shape index (κ1) is 19.2. The molecular formula is C18H23ClN2O4S. The molecule has 0 spiro atoms. The summed E-state index contributed by atoms with van der Waals surface area (Å²) < 4.78 is 23.6. The van der Waals surface area contributed by atoms with E-state index in [4.69, 9.17) is 11.6 Å². The van der Waals surface area contributed by atoms with Crippen molar-refractivity contribution in [3.8, 4) is 0 Å². The molecule has 1 saturated heterocycles. The lowest BCUT2D eigenvalue weighted by Crippen LogP contribution is -2.51. The third kappa shape index (κ3) is 4.04. The van der Waals surface area contributed by atoms with Crippen molar-refractivity contribution in [2.75, 3.05) is 32.4 Å². The van der Waals surface area contributed by atoms with Crippen LogP contribution in [-0.2, 0) is 14.6 Å². The van der Waals surface area contributed by atoms with Gasteiger partial charge in [-0.15, -0.1) is 0 Å². The van der Waals surface area contributed by atoms with Crippen molar-refractivity contribution in [1.82, 2.24) is 9.80 Å². The molecule has 26 heavy (non-hydrogen) atoms. The zero-order valence-corrected chi connectivity index (χ0v) is 16.4. The Balaban J connectivity index is 1.66. The Morgan fingerprint density at radius 2 is 1.62 bits per heavy atom. The highest BCUT2D eigenvalue weighted by atomic mass is 35.5. The highest BCUT2D eigenvalue weighted by molar-refractivity contribution is 7.90. The Labute approximate surface area is 159 Å². The van der Waals surface area contributed by atoms with Crippen LogP contribution in [0.1, 0.15) is 36.0 Å². The minimum Gasteiger partial charge on any atom is -0.339 e. The Morgan fingerprint density at radius 1 is 1.04 bits per heavy atom. The molecule has 1 aromatic carbocycles. The summed E-state index contributed by atoms with van der Waals surface area (Å²) in [6.07, 6.45) is 5.24. The van der Waals surface area contributed by atoms with Gasteiger partial charge in [-0.1, -0.05) is 24.4 Å². The first-order chi connectivity index (χ1) is 12.3. The summed E-state index contributed by atoms with van der Waals surface area (Å²) in [6, 6.07) is 4.30. The molecule has 0 radical (unpaired) electrons. The molecule has 0 atom stereocenters. The number of hydrogen-bond donors (Lipinski definition) is 0. The van der Waals surface area contributed by atoms with Crippen LogP contribution in [0.4, 0.5) is 0 Å². The highest BCUT2D eigenvalue weighted by Gasteiger charge is 2.31. The Kier molecular flexibility index (Phi) is 5.58. The molecule has 1 aliphatic heterocycles. The van der Waals surface area contributed by atoms with Crippen molar-refractivity contribution in [2.24, 2.45) is 5.92 Å². The molecule has 1 aromatic rings. The largest absolute Gasteiger partial charge is 0.339 e. The maximum Gasteiger partial charge on any atom is 0.254 e. The number of carbonyl (C=O) groups excluding carboxylic acids is 2. The molecule has 1 heterocycles. The van der Waals surface area contributed by atoms with Crippen molar-refractivity contribution in [1.29, 1.82) is 0 Å². The molecule has 8 heteroatoms. The number of amides is 2. The maximum atomic E-state index is 12.7. The lowest BCUT2D eigenvalue weighted by Gasteiger charge is -2.36. The zero-order valence-electron chi connectivity index (χ0n) is 14.8. The van der Waals surface area contributed by atoms with Gasteiger partial charge in [0.05, 0.1) is 9.92 Å². The molecule has 6 nitrogen and oxygen atoms in total. The molecule has 3 rings (SSSR count). The van der Waals surface area contributed by atoms with Gasteiger partial charge in [-0.3, -0.25) is 9.59 Å². The summed E-state index contributed by atoms with van der Waals surface area (Å²) >= 11 is 5.94. The van der Waals surface area contributed by atoms with E-state index in [0.29, 0.717) is 31.7 Å². The normalized spacial score (nSPS) is 19.0. The topological polar surface area (TPSA) is 74.8 Å². The summed E-state index contributed by atoms with van der Waals surface area (Å²) in [5, 5.41) is 0.107. The number of halogens is 1. The third-order valence-electron chi connectivity index (χ3n) is 5.16. The van der Waals surface area contributed by atoms with E-state index in [1.165, 1.54) is 18.2 Å². The molecule has 2 amide bonds. The first-order valence-corrected chi connectivity index (χ1v) is 11.1. The lowest BCUT2D eigenvalue weighted by molar-refractivity contribution is -0.136. The van der Waals surface area contributed by atoms with Crippen LogP contribution in [0.3, 0.4) is 0 Å². The van der Waals surface area contributed by atoms with Crippen LogP contribution in [-0.4, -0.2) is 62.5 Å². The van der Waals surface area contributed by atoms with Crippen LogP contribution in [0, 0.1) is 5.92 Å². The van der Waals surface area contributed by atoms with Crippen molar-refractivity contribution < 1.29 is 18.0 Å². The quantitative estimate of drug-likeness (QED) is 0.782. The average Bonchev–Trinajstić information content (AvgIpc) is 3.15. The zero-order chi connectivity index (χ0) is 18.9. The number of hydrogen-bond acceptors (Lipinski definition) is 4. The number of sulfone groups is 1. The fraction of sp³-hybridized carbons (Fsp3) is 0.556. The molecule has 0 N–H and O–H groups in total. The van der Waals surface area contributed by atoms with Crippen LogP contribution in [0.25, 0.3) is 0 Å². The maximum absolute atomic E-state index is 12.7. The van der Waals surface area contributed by atoms with E-state index in [9.17, 15) is 18.0 Å². The van der Waals surface area contributed by atoms with E-state index in [2.05, 4.69) is 0 Å². The van der Waals surface area contributed by atoms with Gasteiger partial charge in [0.1, 0.15) is 0 Å². The molecule has 0 unspecified atom stereocenters. The third-order valence-corrected chi connectivity index (χ3v) is 6.74. The van der Waals surface area contributed by atoms with Gasteiger partial charge in [-0.25, -0.2) is 8.42 Å². The van der Waals surface area contributed by atoms with Gasteiger partial charge in [0.25, 0.3) is 5.91 Å². The van der Waals surface area contributed by atoms with Crippen LogP contribution in [0.5, 0.6) is 0 Å². The van der Waals surface area contributed by atoms with E-state index in [1.54, 1.807) is 4.90 Å². The number of rotatable bonds is 3. The first-order valence-electron chi connectivity index (χ1n) is 8.85. The summed E-state index contributed by atoms with van der Waals surface area (Å²) in [7, 11) is -3.51. The second-order valence-electron chi connectivity index (χ2n) is 7.02. The molecule has 0 bridgehead atoms. The lowest BCUT2D eigenvalue weighted by atomic mass is 10.1. The van der Waals surface area contributed by atoms with Gasteiger partial charge in [0.15, 0.2) is 9.84 Å². The van der Waals surface area contributed by atoms with Gasteiger partial charge < -0.3 is 9.80 Å². The van der Waals surface area contributed by atoms with Gasteiger partial charge in [0, 0.05) is 43.9 Å². The summed E-state index contributed by atoms with van der Waals surface area (Å²) in [4.78, 5) is 28.7. The van der Waals surface area contributed by atoms with Crippen LogP contribution in [0.2, 0.25) is 5.02 Å². The minimum atomic E-state index is -3.51. The molecule has 1 saturated carbocycles. The predicted octanol–water partition coefficient (Wildman–Crippen LogP) is 2.22. The van der Waals surface area contributed by atoms with E-state index in [1.807, 2.05) is 4.90 Å². The number of nitrogens with zero attached hydrogens (tertiary/aromatic N) is 2. The van der Waals surface area contributed by atoms with Crippen molar-refractivity contribution in [2.45, 2.75) is 30.6 Å². The van der Waals surface area contributed by atoms with Gasteiger partial charge in [-0.2, -0.15) is 0 Å². The highest BCUT2D eigenvalue weighted by Crippen LogP contribution is 2.27. The smallest absolute Gasteiger partial charge is 0.254 e. The summed E-state index contributed by atoms with van der Waals surface area (Å²) in [5.74, 6) is 0.117. The van der Waals surface area contributed by atoms with Gasteiger partial charge >= 0.3 is 0 Å². The van der Waals surface area contributed by atoms with Crippen molar-refractivity contribution in [3.05, 3.63) is 28.8 Å². The van der Waals surface area contributed by atoms with E-state index >= 15 is 0 Å². The van der Waals surface area contributed by atoms with Crippen LogP contribution >= 0.6 is 11.6 Å². The van der Waals surface area contributed by atoms with Crippen molar-refractivity contribution in [3.63, 3.8) is 0 Å². The van der Waals surface area contributed by atoms with Crippen LogP contribution < -0.4 is 0 Å². The fourth-order valence-electron chi connectivity index (χ4n) is 3.66. The molecule has 142 valence electrons. The Morgan fingerprint density at radius 3 is 2.19 bits per heavy atom. The molecule has 0 aromatic heterocycles. The van der Waals surface area contributed by atoms with Gasteiger partial charge in [0.2, 0.25) is 5.91 Å². The minimum absolute atomic E-state index is 0.0416. The summed E-state index contributed by atoms with van der Waals surface area (Å²) in [6.45, 7) is 1.95. The van der Waals surface area contributed by atoms with E-state index in [-0.39, 0.29) is 27.7 Å². The SMILES string of the molecule is CS(=O)(=O)c1cc(C(=O)N2CCN(C(=O)C3CCCC3)CC2)ccc1Cl. The number of piperazine rings is 1. The molecular weight excluding hydrogens is 376 g/mol. The molecule has 2 fully saturated rings. The van der Waals surface area contributed by atoms with Crippen LogP contribution in [0.15, 0.2) is 23.1 Å². The summed E-state index contributed by atoms with van der Waals surface area (Å²) in [5.41, 5.74) is 0.297. The second kappa shape index (κ2) is 7.56. The van der Waals surface area contributed by atoms with Gasteiger partial charge in [-0.05, 0) is 31.0 Å². The number of benzene rings is 1. The predicted molar refractivity (Wildman–Crippen MR) is 99.0 cm³/mol. The van der Waals surface area contributed by atoms with E-state index in [0.717, 1.165) is 31.9 Å². The second-order valence-corrected chi connectivity index (χ2v) is 9.41. The van der Waals surface area contributed by atoms with Crippen molar-refractivity contribution >= 4 is 33.3 Å². The average molecular weight is 399 g/mol. The van der Waals surface area contributed by atoms with E-state index < -0.39 is 9.84 Å². The monoisotopic (exact) mass is 398 g/mol. The number of carbonyl (C=O) groups is 2. The Hall–Kier alpha value is -1.60. The Bertz CT molecular complexity index is 810.